The van der Waals surface area contributed by atoms with Gasteiger partial charge in [-0.15, -0.1) is 0 Å². The lowest BCUT2D eigenvalue weighted by atomic mass is 10.2. The third kappa shape index (κ3) is 1.53. The molecular weight excluding hydrogens is 180 g/mol. The van der Waals surface area contributed by atoms with Gasteiger partial charge in [0.25, 0.3) is 0 Å². The maximum atomic E-state index is 10.3. The monoisotopic (exact) mass is 185 g/mol. The summed E-state index contributed by atoms with van der Waals surface area (Å²) in [5, 5.41) is 27.7. The number of hydrogen-bond donors (Lipinski definition) is 0. The highest BCUT2D eigenvalue weighted by molar-refractivity contribution is 5.60. The van der Waals surface area contributed by atoms with Crippen LogP contribution in [0.4, 0.5) is 11.4 Å². The molecular formula is C6H5N2O5+. The first-order chi connectivity index (χ1) is 6.04. The molecule has 0 radical (unpaired) electrons. The lowest BCUT2D eigenvalue weighted by Gasteiger charge is -1.93. The van der Waals surface area contributed by atoms with Crippen LogP contribution in [0.3, 0.4) is 0 Å². The number of hydrogen-bond acceptors (Lipinski definition) is 4. The average molecular weight is 185 g/mol. The lowest BCUT2D eigenvalue weighted by molar-refractivity contribution is -0.423. The quantitative estimate of drug-likeness (QED) is 0.387. The van der Waals surface area contributed by atoms with Crippen LogP contribution in [-0.2, 0) is 0 Å². The molecule has 7 nitrogen and oxygen atoms in total. The van der Waals surface area contributed by atoms with Crippen molar-refractivity contribution in [1.82, 2.24) is 0 Å². The van der Waals surface area contributed by atoms with Crippen molar-refractivity contribution in [3.05, 3.63) is 38.4 Å². The van der Waals surface area contributed by atoms with Crippen LogP contribution >= 0.6 is 0 Å². The highest BCUT2D eigenvalue weighted by Gasteiger charge is 2.31. The second-order valence-electron chi connectivity index (χ2n) is 2.19. The van der Waals surface area contributed by atoms with Crippen LogP contribution in [0.25, 0.3) is 0 Å². The Morgan fingerprint density at radius 2 is 1.77 bits per heavy atom. The fourth-order valence-electron chi connectivity index (χ4n) is 0.871. The van der Waals surface area contributed by atoms with Gasteiger partial charge < -0.3 is 5.11 Å². The number of benzene rings is 1. The first-order valence-electron chi connectivity index (χ1n) is 3.17. The van der Waals surface area contributed by atoms with Crippen molar-refractivity contribution in [3.8, 4) is 5.75 Å². The van der Waals surface area contributed by atoms with Crippen molar-refractivity contribution in [1.29, 1.82) is 0 Å². The molecule has 1 aromatic carbocycles. The van der Waals surface area contributed by atoms with E-state index in [0.29, 0.717) is 0 Å². The molecule has 1 rings (SSSR count). The Bertz CT molecular complexity index is 375. The molecule has 0 aliphatic carbocycles. The topological polar surface area (TPSA) is 109 Å². The van der Waals surface area contributed by atoms with Crippen molar-refractivity contribution in [2.24, 2.45) is 0 Å². The van der Waals surface area contributed by atoms with E-state index in [1.165, 1.54) is 6.07 Å². The zero-order valence-corrected chi connectivity index (χ0v) is 6.26. The highest BCUT2D eigenvalue weighted by Crippen LogP contribution is 2.34. The maximum absolute atomic E-state index is 10.3. The third-order valence-corrected chi connectivity index (χ3v) is 1.39. The van der Waals surface area contributed by atoms with Crippen molar-refractivity contribution >= 4 is 11.4 Å². The van der Waals surface area contributed by atoms with Crippen molar-refractivity contribution < 1.29 is 15.0 Å². The van der Waals surface area contributed by atoms with Crippen LogP contribution < -0.4 is 0 Å². The zero-order chi connectivity index (χ0) is 10.0. The number of nitro groups is 2. The molecule has 13 heavy (non-hydrogen) atoms. The van der Waals surface area contributed by atoms with Crippen LogP contribution in [0.5, 0.6) is 5.75 Å². The SMILES string of the molecule is O=[N+]([O-])c1cccc([OH2+])c1[N+](=O)[O-]. The van der Waals surface area contributed by atoms with Crippen LogP contribution in [0.2, 0.25) is 0 Å². The number of rotatable bonds is 2. The van der Waals surface area contributed by atoms with E-state index in [2.05, 4.69) is 0 Å². The molecule has 0 fully saturated rings. The molecule has 0 saturated heterocycles. The Morgan fingerprint density at radius 3 is 2.15 bits per heavy atom. The van der Waals surface area contributed by atoms with Crippen LogP contribution in [0.1, 0.15) is 0 Å². The Morgan fingerprint density at radius 1 is 1.15 bits per heavy atom. The minimum Gasteiger partial charge on any atom is -0.588 e. The van der Waals surface area contributed by atoms with E-state index in [9.17, 15) is 20.2 Å². The Balaban J connectivity index is 3.43. The third-order valence-electron chi connectivity index (χ3n) is 1.39. The minimum atomic E-state index is -0.930. The number of nitro benzene ring substituents is 2. The molecule has 0 aliphatic rings. The van der Waals surface area contributed by atoms with Crippen LogP contribution in [0.15, 0.2) is 18.2 Å². The van der Waals surface area contributed by atoms with Gasteiger partial charge >= 0.3 is 17.1 Å². The Hall–Kier alpha value is -2.18. The molecule has 68 valence electrons. The summed E-state index contributed by atoms with van der Waals surface area (Å²) in [4.78, 5) is 18.8. The number of nitrogens with zero attached hydrogens (tertiary/aromatic N) is 2. The van der Waals surface area contributed by atoms with Gasteiger partial charge in [-0.3, -0.25) is 20.2 Å². The molecule has 0 saturated carbocycles. The van der Waals surface area contributed by atoms with Crippen molar-refractivity contribution in [3.63, 3.8) is 0 Å². The van der Waals surface area contributed by atoms with Gasteiger partial charge in [-0.05, 0) is 6.07 Å². The molecule has 0 unspecified atom stereocenters. The fourth-order valence-corrected chi connectivity index (χ4v) is 0.871. The Labute approximate surface area is 71.5 Å². The minimum absolute atomic E-state index is 0.459. The molecule has 0 spiro atoms. The standard InChI is InChI=1S/C6H4N2O5/c9-5-3-1-2-4(7(10)11)6(5)8(12)13/h1-3,9H/p+1. The predicted molar refractivity (Wildman–Crippen MR) is 42.8 cm³/mol. The molecule has 0 heterocycles. The lowest BCUT2D eigenvalue weighted by Crippen LogP contribution is -1.96. The molecule has 0 aliphatic heterocycles. The largest absolute Gasteiger partial charge is 0.588 e. The molecule has 0 bridgehead atoms. The average Bonchev–Trinajstić information content (AvgIpc) is 2.02. The zero-order valence-electron chi connectivity index (χ0n) is 6.26. The summed E-state index contributed by atoms with van der Waals surface area (Å²) in [6, 6.07) is 3.36. The summed E-state index contributed by atoms with van der Waals surface area (Å²) in [6.07, 6.45) is 0. The smallest absolute Gasteiger partial charge is 0.439 e. The predicted octanol–water partition coefficient (Wildman–Crippen LogP) is 0.941. The van der Waals surface area contributed by atoms with E-state index in [0.717, 1.165) is 12.1 Å². The van der Waals surface area contributed by atoms with Gasteiger partial charge in [0.2, 0.25) is 0 Å². The molecule has 0 aromatic heterocycles. The second kappa shape index (κ2) is 3.05. The van der Waals surface area contributed by atoms with E-state index in [-0.39, 0.29) is 0 Å². The van der Waals surface area contributed by atoms with Gasteiger partial charge in [-0.2, -0.15) is 0 Å². The molecule has 7 heteroatoms. The van der Waals surface area contributed by atoms with E-state index in [1.54, 1.807) is 0 Å². The van der Waals surface area contributed by atoms with E-state index >= 15 is 0 Å². The van der Waals surface area contributed by atoms with Crippen molar-refractivity contribution in [2.45, 2.75) is 0 Å². The first-order valence-corrected chi connectivity index (χ1v) is 3.17. The highest BCUT2D eigenvalue weighted by atomic mass is 16.6. The van der Waals surface area contributed by atoms with Gasteiger partial charge in [0.05, 0.1) is 9.85 Å². The van der Waals surface area contributed by atoms with Crippen LogP contribution in [-0.4, -0.2) is 15.0 Å². The van der Waals surface area contributed by atoms with E-state index in [1.807, 2.05) is 0 Å². The van der Waals surface area contributed by atoms with Crippen molar-refractivity contribution in [2.75, 3.05) is 0 Å². The van der Waals surface area contributed by atoms with E-state index in [4.69, 9.17) is 5.11 Å². The van der Waals surface area contributed by atoms with Crippen LogP contribution in [0, 0.1) is 20.2 Å². The van der Waals surface area contributed by atoms with Gasteiger partial charge in [0.15, 0.2) is 0 Å². The molecule has 1 aromatic rings. The second-order valence-corrected chi connectivity index (χ2v) is 2.19. The normalized spacial score (nSPS) is 9.54. The molecule has 0 amide bonds. The van der Waals surface area contributed by atoms with E-state index < -0.39 is 27.0 Å². The summed E-state index contributed by atoms with van der Waals surface area (Å²) in [5.74, 6) is -0.459. The molecule has 0 atom stereocenters. The summed E-state index contributed by atoms with van der Waals surface area (Å²) in [7, 11) is 0. The van der Waals surface area contributed by atoms with Gasteiger partial charge in [-0.25, -0.2) is 0 Å². The maximum Gasteiger partial charge on any atom is 0.439 e. The Kier molecular flexibility index (Phi) is 2.09. The summed E-state index contributed by atoms with van der Waals surface area (Å²) >= 11 is 0. The first kappa shape index (κ1) is 8.91. The summed E-state index contributed by atoms with van der Waals surface area (Å²) in [5.41, 5.74) is -1.43. The number of para-hydroxylation sites is 1. The van der Waals surface area contributed by atoms with Gasteiger partial charge in [-0.1, -0.05) is 0 Å². The van der Waals surface area contributed by atoms with Gasteiger partial charge in [0, 0.05) is 12.1 Å². The van der Waals surface area contributed by atoms with Gasteiger partial charge in [0.1, 0.15) is 0 Å². The molecule has 2 N–H and O–H groups in total. The fraction of sp³-hybridized carbons (Fsp3) is 0. The summed E-state index contributed by atoms with van der Waals surface area (Å²) in [6.45, 7) is 0. The summed E-state index contributed by atoms with van der Waals surface area (Å²) < 4.78 is 0.